The van der Waals surface area contributed by atoms with E-state index >= 15 is 0 Å². The molecule has 0 bridgehead atoms. The molecule has 2 aromatic carbocycles. The fourth-order valence-electron chi connectivity index (χ4n) is 2.45. The predicted octanol–water partition coefficient (Wildman–Crippen LogP) is 3.92. The number of nitrogens with one attached hydrogen (secondary N) is 1. The molecular weight excluding hydrogens is 396 g/mol. The number of hydrogen-bond donors (Lipinski definition) is 1. The molecule has 0 atom stereocenters. The molecule has 0 aliphatic carbocycles. The van der Waals surface area contributed by atoms with Gasteiger partial charge in [0.2, 0.25) is 0 Å². The van der Waals surface area contributed by atoms with Gasteiger partial charge in [-0.05, 0) is 48.0 Å². The molecule has 0 aliphatic rings. The van der Waals surface area contributed by atoms with Gasteiger partial charge < -0.3 is 14.6 Å². The first-order chi connectivity index (χ1) is 12.5. The van der Waals surface area contributed by atoms with Crippen molar-refractivity contribution >= 4 is 27.5 Å². The van der Waals surface area contributed by atoms with Gasteiger partial charge in [-0.1, -0.05) is 28.1 Å². The Labute approximate surface area is 159 Å². The van der Waals surface area contributed by atoms with Gasteiger partial charge in [0.15, 0.2) is 0 Å². The summed E-state index contributed by atoms with van der Waals surface area (Å²) in [6.45, 7) is 0.399. The van der Waals surface area contributed by atoms with Crippen molar-refractivity contribution in [1.82, 2.24) is 4.57 Å². The number of aromatic nitrogens is 1. The number of anilines is 1. The second-order valence-electron chi connectivity index (χ2n) is 5.69. The Morgan fingerprint density at radius 1 is 1.04 bits per heavy atom. The summed E-state index contributed by atoms with van der Waals surface area (Å²) in [5.41, 5.74) is 1.89. The first kappa shape index (κ1) is 17.9. The van der Waals surface area contributed by atoms with E-state index in [0.717, 1.165) is 10.0 Å². The van der Waals surface area contributed by atoms with Crippen LogP contribution >= 0.6 is 15.9 Å². The highest BCUT2D eigenvalue weighted by Gasteiger charge is 2.09. The zero-order valence-electron chi connectivity index (χ0n) is 14.1. The molecule has 1 N–H and O–H groups in total. The van der Waals surface area contributed by atoms with E-state index in [9.17, 15) is 9.59 Å². The number of ether oxygens (including phenoxy) is 1. The van der Waals surface area contributed by atoms with Crippen molar-refractivity contribution in [1.29, 1.82) is 0 Å². The van der Waals surface area contributed by atoms with Crippen LogP contribution in [0.25, 0.3) is 0 Å². The molecule has 0 saturated heterocycles. The van der Waals surface area contributed by atoms with Crippen LogP contribution in [0.2, 0.25) is 0 Å². The molecular formula is C20H17BrN2O3. The highest BCUT2D eigenvalue weighted by atomic mass is 79.9. The molecule has 0 unspecified atom stereocenters. The molecule has 0 radical (unpaired) electrons. The van der Waals surface area contributed by atoms with E-state index in [-0.39, 0.29) is 11.5 Å². The first-order valence-electron chi connectivity index (χ1n) is 7.95. The standard InChI is InChI=1S/C20H17BrN2O3/c1-26-18-9-7-17(8-10-18)22-20(25)15-4-11-19(24)23(13-15)12-14-2-5-16(21)6-3-14/h2-11,13H,12H2,1H3,(H,22,25). The van der Waals surface area contributed by atoms with Gasteiger partial charge in [0.05, 0.1) is 19.2 Å². The summed E-state index contributed by atoms with van der Waals surface area (Å²) in [6.07, 6.45) is 1.57. The van der Waals surface area contributed by atoms with Crippen LogP contribution in [0.15, 0.2) is 76.1 Å². The highest BCUT2D eigenvalue weighted by Crippen LogP contribution is 2.16. The van der Waals surface area contributed by atoms with E-state index in [1.54, 1.807) is 37.6 Å². The lowest BCUT2D eigenvalue weighted by Gasteiger charge is -2.10. The van der Waals surface area contributed by atoms with Gasteiger partial charge in [-0.25, -0.2) is 0 Å². The lowest BCUT2D eigenvalue weighted by molar-refractivity contribution is 0.102. The molecule has 26 heavy (non-hydrogen) atoms. The van der Waals surface area contributed by atoms with Crippen molar-refractivity contribution in [2.24, 2.45) is 0 Å². The molecule has 3 rings (SSSR count). The van der Waals surface area contributed by atoms with Crippen molar-refractivity contribution in [3.63, 3.8) is 0 Å². The fourth-order valence-corrected chi connectivity index (χ4v) is 2.72. The van der Waals surface area contributed by atoms with Crippen molar-refractivity contribution < 1.29 is 9.53 Å². The third-order valence-corrected chi connectivity index (χ3v) is 4.39. The number of hydrogen-bond acceptors (Lipinski definition) is 3. The molecule has 1 amide bonds. The number of methoxy groups -OCH3 is 1. The van der Waals surface area contributed by atoms with Crippen LogP contribution in [-0.4, -0.2) is 17.6 Å². The van der Waals surface area contributed by atoms with E-state index in [4.69, 9.17) is 4.74 Å². The molecule has 5 nitrogen and oxygen atoms in total. The average molecular weight is 413 g/mol. The number of benzene rings is 2. The first-order valence-corrected chi connectivity index (χ1v) is 8.75. The number of amides is 1. The van der Waals surface area contributed by atoms with Gasteiger partial charge in [-0.3, -0.25) is 9.59 Å². The Morgan fingerprint density at radius 2 is 1.73 bits per heavy atom. The summed E-state index contributed by atoms with van der Waals surface area (Å²) in [6, 6.07) is 17.7. The van der Waals surface area contributed by atoms with E-state index in [1.807, 2.05) is 24.3 Å². The molecule has 132 valence electrons. The summed E-state index contributed by atoms with van der Waals surface area (Å²) >= 11 is 3.39. The van der Waals surface area contributed by atoms with E-state index in [1.165, 1.54) is 16.7 Å². The minimum atomic E-state index is -0.278. The van der Waals surface area contributed by atoms with Crippen LogP contribution in [0, 0.1) is 0 Å². The third kappa shape index (κ3) is 4.40. The molecule has 0 fully saturated rings. The number of pyridine rings is 1. The topological polar surface area (TPSA) is 60.3 Å². The Bertz CT molecular complexity index is 964. The minimum Gasteiger partial charge on any atom is -0.497 e. The lowest BCUT2D eigenvalue weighted by Crippen LogP contribution is -2.22. The number of carbonyl (C=O) groups is 1. The monoisotopic (exact) mass is 412 g/mol. The summed E-state index contributed by atoms with van der Waals surface area (Å²) < 4.78 is 7.59. The number of halogens is 1. The van der Waals surface area contributed by atoms with Crippen molar-refractivity contribution in [2.75, 3.05) is 12.4 Å². The lowest BCUT2D eigenvalue weighted by atomic mass is 10.2. The van der Waals surface area contributed by atoms with Crippen molar-refractivity contribution in [2.45, 2.75) is 6.54 Å². The molecule has 0 aliphatic heterocycles. The van der Waals surface area contributed by atoms with E-state index in [0.29, 0.717) is 23.5 Å². The zero-order valence-corrected chi connectivity index (χ0v) is 15.7. The molecule has 1 aromatic heterocycles. The van der Waals surface area contributed by atoms with Crippen LogP contribution in [0.1, 0.15) is 15.9 Å². The number of nitrogens with zero attached hydrogens (tertiary/aromatic N) is 1. The maximum absolute atomic E-state index is 12.5. The third-order valence-electron chi connectivity index (χ3n) is 3.86. The maximum atomic E-state index is 12.5. The Morgan fingerprint density at radius 3 is 2.38 bits per heavy atom. The number of rotatable bonds is 5. The molecule has 3 aromatic rings. The maximum Gasteiger partial charge on any atom is 0.257 e. The normalized spacial score (nSPS) is 10.4. The zero-order chi connectivity index (χ0) is 18.5. The summed E-state index contributed by atoms with van der Waals surface area (Å²) in [5.74, 6) is 0.436. The van der Waals surface area contributed by atoms with Crippen molar-refractivity contribution in [3.8, 4) is 5.75 Å². The summed E-state index contributed by atoms with van der Waals surface area (Å²) in [4.78, 5) is 24.6. The van der Waals surface area contributed by atoms with Crippen LogP contribution in [0.3, 0.4) is 0 Å². The second-order valence-corrected chi connectivity index (χ2v) is 6.61. The van der Waals surface area contributed by atoms with E-state index < -0.39 is 0 Å². The average Bonchev–Trinajstić information content (AvgIpc) is 2.66. The van der Waals surface area contributed by atoms with Crippen LogP contribution in [0.5, 0.6) is 5.75 Å². The Kier molecular flexibility index (Phi) is 5.53. The van der Waals surface area contributed by atoms with Gasteiger partial charge in [-0.15, -0.1) is 0 Å². The SMILES string of the molecule is COc1ccc(NC(=O)c2ccc(=O)n(Cc3ccc(Br)cc3)c2)cc1. The van der Waals surface area contributed by atoms with Crippen LogP contribution in [0.4, 0.5) is 5.69 Å². The minimum absolute atomic E-state index is 0.158. The smallest absolute Gasteiger partial charge is 0.257 e. The predicted molar refractivity (Wildman–Crippen MR) is 105 cm³/mol. The quantitative estimate of drug-likeness (QED) is 0.690. The fraction of sp³-hybridized carbons (Fsp3) is 0.100. The molecule has 0 saturated carbocycles. The van der Waals surface area contributed by atoms with E-state index in [2.05, 4.69) is 21.2 Å². The van der Waals surface area contributed by atoms with Crippen LogP contribution < -0.4 is 15.6 Å². The van der Waals surface area contributed by atoms with Gasteiger partial charge in [0, 0.05) is 22.4 Å². The summed E-state index contributed by atoms with van der Waals surface area (Å²) in [7, 11) is 1.59. The largest absolute Gasteiger partial charge is 0.497 e. The second kappa shape index (κ2) is 8.01. The molecule has 1 heterocycles. The van der Waals surface area contributed by atoms with Gasteiger partial charge in [-0.2, -0.15) is 0 Å². The Hall–Kier alpha value is -2.86. The molecule has 0 spiro atoms. The van der Waals surface area contributed by atoms with Gasteiger partial charge >= 0.3 is 0 Å². The van der Waals surface area contributed by atoms with Gasteiger partial charge in [0.1, 0.15) is 5.75 Å². The van der Waals surface area contributed by atoms with Gasteiger partial charge in [0.25, 0.3) is 11.5 Å². The number of carbonyl (C=O) groups excluding carboxylic acids is 1. The summed E-state index contributed by atoms with van der Waals surface area (Å²) in [5, 5.41) is 2.81. The Balaban J connectivity index is 1.78. The van der Waals surface area contributed by atoms with Crippen molar-refractivity contribution in [3.05, 3.63) is 92.8 Å². The van der Waals surface area contributed by atoms with Crippen LogP contribution in [-0.2, 0) is 6.54 Å². The molecule has 6 heteroatoms. The highest BCUT2D eigenvalue weighted by molar-refractivity contribution is 9.10.